The van der Waals surface area contributed by atoms with Gasteiger partial charge in [0.15, 0.2) is 0 Å². The fourth-order valence-electron chi connectivity index (χ4n) is 4.47. The zero-order valence-electron chi connectivity index (χ0n) is 17.3. The first-order valence-corrected chi connectivity index (χ1v) is 10.4. The lowest BCUT2D eigenvalue weighted by Gasteiger charge is -2.43. The van der Waals surface area contributed by atoms with Gasteiger partial charge in [-0.25, -0.2) is 0 Å². The van der Waals surface area contributed by atoms with Gasteiger partial charge in [-0.2, -0.15) is 5.10 Å². The number of para-hydroxylation sites is 1. The lowest BCUT2D eigenvalue weighted by Crippen LogP contribution is -2.52. The number of ether oxygens (including phenoxy) is 2. The molecule has 7 heteroatoms. The summed E-state index contributed by atoms with van der Waals surface area (Å²) in [5, 5.41) is 4.36. The minimum Gasteiger partial charge on any atom is -0.496 e. The van der Waals surface area contributed by atoms with Crippen LogP contribution in [0, 0.1) is 0 Å². The molecule has 2 aliphatic rings. The van der Waals surface area contributed by atoms with Crippen LogP contribution in [-0.4, -0.2) is 71.5 Å². The topological polar surface area (TPSA) is 59.8 Å². The highest BCUT2D eigenvalue weighted by Crippen LogP contribution is 2.33. The molecule has 1 amide bonds. The third-order valence-electron chi connectivity index (χ3n) is 5.90. The quantitative estimate of drug-likeness (QED) is 0.775. The Balaban J connectivity index is 1.64. The van der Waals surface area contributed by atoms with Crippen LogP contribution in [0.2, 0.25) is 0 Å². The molecule has 0 saturated carbocycles. The van der Waals surface area contributed by atoms with E-state index < -0.39 is 0 Å². The smallest absolute Gasteiger partial charge is 0.258 e. The third kappa shape index (κ3) is 4.31. The van der Waals surface area contributed by atoms with Gasteiger partial charge >= 0.3 is 0 Å². The van der Waals surface area contributed by atoms with Crippen molar-refractivity contribution in [3.63, 3.8) is 0 Å². The number of amides is 1. The van der Waals surface area contributed by atoms with Crippen LogP contribution in [0.1, 0.15) is 41.2 Å². The molecule has 156 valence electrons. The summed E-state index contributed by atoms with van der Waals surface area (Å²) in [6, 6.07) is 7.25. The zero-order valence-corrected chi connectivity index (χ0v) is 17.3. The van der Waals surface area contributed by atoms with Crippen molar-refractivity contribution in [2.45, 2.75) is 31.4 Å². The Morgan fingerprint density at radius 3 is 2.72 bits per heavy atom. The van der Waals surface area contributed by atoms with E-state index in [1.165, 1.54) is 19.3 Å². The van der Waals surface area contributed by atoms with E-state index in [0.717, 1.165) is 25.2 Å². The third-order valence-corrected chi connectivity index (χ3v) is 5.90. The molecule has 0 bridgehead atoms. The number of benzene rings is 1. The van der Waals surface area contributed by atoms with Crippen LogP contribution in [0.15, 0.2) is 36.7 Å². The van der Waals surface area contributed by atoms with Gasteiger partial charge in [0.05, 0.1) is 37.6 Å². The molecule has 0 radical (unpaired) electrons. The summed E-state index contributed by atoms with van der Waals surface area (Å²) in [5.74, 6) is 0.574. The molecule has 29 heavy (non-hydrogen) atoms. The van der Waals surface area contributed by atoms with E-state index in [2.05, 4.69) is 10.00 Å². The first-order valence-electron chi connectivity index (χ1n) is 10.4. The molecule has 1 aromatic carbocycles. The van der Waals surface area contributed by atoms with E-state index in [9.17, 15) is 4.79 Å². The molecule has 0 aliphatic carbocycles. The SMILES string of the molecule is COc1ccccc1C(=O)N1CCO[C@@H](CN2CCCCC2)[C@@H]1c1cnn(C)c1. The predicted molar refractivity (Wildman–Crippen MR) is 110 cm³/mol. The first-order chi connectivity index (χ1) is 14.2. The van der Waals surface area contributed by atoms with Gasteiger partial charge in [0.25, 0.3) is 5.91 Å². The molecular weight excluding hydrogens is 368 g/mol. The Morgan fingerprint density at radius 2 is 2.00 bits per heavy atom. The number of hydrogen-bond donors (Lipinski definition) is 0. The molecule has 2 aromatic rings. The monoisotopic (exact) mass is 398 g/mol. The van der Waals surface area contributed by atoms with E-state index in [0.29, 0.717) is 24.5 Å². The number of carbonyl (C=O) groups excluding carboxylic acids is 1. The van der Waals surface area contributed by atoms with Gasteiger partial charge in [0.2, 0.25) is 0 Å². The van der Waals surface area contributed by atoms with Crippen molar-refractivity contribution >= 4 is 5.91 Å². The number of hydrogen-bond acceptors (Lipinski definition) is 5. The van der Waals surface area contributed by atoms with Crippen LogP contribution in [0.4, 0.5) is 0 Å². The summed E-state index contributed by atoms with van der Waals surface area (Å²) < 4.78 is 13.5. The van der Waals surface area contributed by atoms with Crippen molar-refractivity contribution in [3.05, 3.63) is 47.8 Å². The number of piperidine rings is 1. The summed E-state index contributed by atoms with van der Waals surface area (Å²) in [6.45, 7) is 4.11. The maximum absolute atomic E-state index is 13.6. The molecule has 3 heterocycles. The summed E-state index contributed by atoms with van der Waals surface area (Å²) >= 11 is 0. The minimum absolute atomic E-state index is 0.0248. The van der Waals surface area contributed by atoms with Gasteiger partial charge < -0.3 is 19.3 Å². The van der Waals surface area contributed by atoms with Crippen molar-refractivity contribution in [1.82, 2.24) is 19.6 Å². The molecule has 0 N–H and O–H groups in total. The van der Waals surface area contributed by atoms with Crippen LogP contribution < -0.4 is 4.74 Å². The van der Waals surface area contributed by atoms with Gasteiger partial charge in [-0.15, -0.1) is 0 Å². The standard InChI is InChI=1S/C22H30N4O3/c1-24-15-17(14-23-24)21-20(16-25-10-6-3-7-11-25)29-13-12-26(21)22(27)18-8-4-5-9-19(18)28-2/h4-5,8-9,14-15,20-21H,3,6-7,10-13,16H2,1-2H3/t20-,21-/m0/s1. The largest absolute Gasteiger partial charge is 0.496 e. The van der Waals surface area contributed by atoms with Gasteiger partial charge in [-0.1, -0.05) is 18.6 Å². The van der Waals surface area contributed by atoms with Gasteiger partial charge in [0.1, 0.15) is 5.75 Å². The van der Waals surface area contributed by atoms with E-state index in [1.54, 1.807) is 11.8 Å². The number of morpholine rings is 1. The molecule has 2 saturated heterocycles. The van der Waals surface area contributed by atoms with E-state index in [-0.39, 0.29) is 18.1 Å². The number of methoxy groups -OCH3 is 1. The molecule has 4 rings (SSSR count). The fraction of sp³-hybridized carbons (Fsp3) is 0.545. The number of rotatable bonds is 5. The summed E-state index contributed by atoms with van der Waals surface area (Å²) in [7, 11) is 3.50. The highest BCUT2D eigenvalue weighted by atomic mass is 16.5. The molecule has 0 spiro atoms. The number of nitrogens with zero attached hydrogens (tertiary/aromatic N) is 4. The van der Waals surface area contributed by atoms with Crippen LogP contribution in [0.25, 0.3) is 0 Å². The van der Waals surface area contributed by atoms with Crippen molar-refractivity contribution in [1.29, 1.82) is 0 Å². The van der Waals surface area contributed by atoms with Crippen molar-refractivity contribution < 1.29 is 14.3 Å². The fourth-order valence-corrected chi connectivity index (χ4v) is 4.47. The van der Waals surface area contributed by atoms with E-state index >= 15 is 0 Å². The molecule has 2 atom stereocenters. The Kier molecular flexibility index (Phi) is 6.16. The predicted octanol–water partition coefficient (Wildman–Crippen LogP) is 2.50. The van der Waals surface area contributed by atoms with Crippen LogP contribution in [-0.2, 0) is 11.8 Å². The Hall–Kier alpha value is -2.38. The zero-order chi connectivity index (χ0) is 20.2. The Labute approximate surface area is 172 Å². The maximum atomic E-state index is 13.6. The number of likely N-dealkylation sites (tertiary alicyclic amines) is 1. The second-order valence-electron chi connectivity index (χ2n) is 7.86. The molecule has 2 aliphatic heterocycles. The average molecular weight is 399 g/mol. The molecule has 2 fully saturated rings. The first kappa shape index (κ1) is 19.9. The van der Waals surface area contributed by atoms with Crippen LogP contribution >= 0.6 is 0 Å². The summed E-state index contributed by atoms with van der Waals surface area (Å²) in [6.07, 6.45) is 7.52. The summed E-state index contributed by atoms with van der Waals surface area (Å²) in [4.78, 5) is 18.0. The molecular formula is C22H30N4O3. The van der Waals surface area contributed by atoms with Crippen molar-refractivity contribution in [3.8, 4) is 5.75 Å². The highest BCUT2D eigenvalue weighted by molar-refractivity contribution is 5.97. The Bertz CT molecular complexity index is 831. The van der Waals surface area contributed by atoms with Crippen molar-refractivity contribution in [2.75, 3.05) is 39.9 Å². The number of carbonyl (C=O) groups is 1. The lowest BCUT2D eigenvalue weighted by atomic mass is 9.98. The molecule has 0 unspecified atom stereocenters. The highest BCUT2D eigenvalue weighted by Gasteiger charge is 2.39. The molecule has 7 nitrogen and oxygen atoms in total. The second kappa shape index (κ2) is 8.97. The van der Waals surface area contributed by atoms with E-state index in [4.69, 9.17) is 9.47 Å². The minimum atomic E-state index is -0.170. The Morgan fingerprint density at radius 1 is 1.21 bits per heavy atom. The molecule has 1 aromatic heterocycles. The average Bonchev–Trinajstić information content (AvgIpc) is 3.19. The van der Waals surface area contributed by atoms with Crippen molar-refractivity contribution in [2.24, 2.45) is 7.05 Å². The van der Waals surface area contributed by atoms with E-state index in [1.807, 2.05) is 48.6 Å². The van der Waals surface area contributed by atoms with Gasteiger partial charge in [-0.3, -0.25) is 9.48 Å². The van der Waals surface area contributed by atoms with Gasteiger partial charge in [0, 0.05) is 31.9 Å². The van der Waals surface area contributed by atoms with Crippen LogP contribution in [0.3, 0.4) is 0 Å². The summed E-state index contributed by atoms with van der Waals surface area (Å²) in [5.41, 5.74) is 1.60. The normalized spacial score (nSPS) is 23.2. The van der Waals surface area contributed by atoms with Crippen LogP contribution in [0.5, 0.6) is 5.75 Å². The second-order valence-corrected chi connectivity index (χ2v) is 7.86. The lowest BCUT2D eigenvalue weighted by molar-refractivity contribution is -0.0742. The maximum Gasteiger partial charge on any atom is 0.258 e. The van der Waals surface area contributed by atoms with Gasteiger partial charge in [-0.05, 0) is 38.1 Å². The number of aromatic nitrogens is 2. The number of aryl methyl sites for hydroxylation is 1.